The number of urea groups is 1. The van der Waals surface area contributed by atoms with E-state index in [1.165, 1.54) is 0 Å². The highest BCUT2D eigenvalue weighted by Gasteiger charge is 2.20. The topological polar surface area (TPSA) is 58.8 Å². The molecule has 0 atom stereocenters. The van der Waals surface area contributed by atoms with E-state index in [1.54, 1.807) is 4.90 Å². The van der Waals surface area contributed by atoms with Crippen molar-refractivity contribution in [2.75, 3.05) is 39.9 Å². The summed E-state index contributed by atoms with van der Waals surface area (Å²) in [6, 6.07) is 7.92. The minimum absolute atomic E-state index is 0.0466. The zero-order valence-electron chi connectivity index (χ0n) is 12.3. The molecule has 0 saturated carbocycles. The van der Waals surface area contributed by atoms with E-state index < -0.39 is 0 Å². The zero-order chi connectivity index (χ0) is 15.1. The normalized spacial score (nSPS) is 14.3. The van der Waals surface area contributed by atoms with Crippen LogP contribution in [0.5, 0.6) is 0 Å². The molecule has 5 heteroatoms. The van der Waals surface area contributed by atoms with Crippen molar-refractivity contribution >= 4 is 6.03 Å². The van der Waals surface area contributed by atoms with Crippen LogP contribution in [0.25, 0.3) is 0 Å². The maximum absolute atomic E-state index is 12.3. The van der Waals surface area contributed by atoms with Gasteiger partial charge in [-0.1, -0.05) is 24.0 Å². The Kier molecular flexibility index (Phi) is 5.61. The minimum atomic E-state index is 0.0466. The summed E-state index contributed by atoms with van der Waals surface area (Å²) < 4.78 is 5.26. The van der Waals surface area contributed by atoms with Crippen molar-refractivity contribution in [2.24, 2.45) is 5.73 Å². The second kappa shape index (κ2) is 7.67. The lowest BCUT2D eigenvalue weighted by atomic mass is 10.1. The standard InChI is InChI=1S/C16H21N3O2/c1-18(16(20)19-9-11-21-12-10-19)13-15-6-4-14(5-7-15)3-2-8-17/h4-7H,8-13,17H2,1H3. The number of carbonyl (C=O) groups is 1. The first kappa shape index (κ1) is 15.4. The van der Waals surface area contributed by atoms with Crippen LogP contribution in [-0.2, 0) is 11.3 Å². The van der Waals surface area contributed by atoms with Gasteiger partial charge < -0.3 is 20.3 Å². The SMILES string of the molecule is CN(Cc1ccc(C#CCN)cc1)C(=O)N1CCOCC1. The van der Waals surface area contributed by atoms with Crippen LogP contribution in [0.1, 0.15) is 11.1 Å². The summed E-state index contributed by atoms with van der Waals surface area (Å²) in [6.07, 6.45) is 0. The molecule has 1 aromatic carbocycles. The van der Waals surface area contributed by atoms with Crippen LogP contribution in [0.4, 0.5) is 4.79 Å². The zero-order valence-corrected chi connectivity index (χ0v) is 12.3. The quantitative estimate of drug-likeness (QED) is 0.822. The summed E-state index contributed by atoms with van der Waals surface area (Å²) in [5.41, 5.74) is 7.36. The number of nitrogens with two attached hydrogens (primary N) is 1. The fraction of sp³-hybridized carbons (Fsp3) is 0.438. The fourth-order valence-corrected chi connectivity index (χ4v) is 2.18. The summed E-state index contributed by atoms with van der Waals surface area (Å²) >= 11 is 0. The molecular weight excluding hydrogens is 266 g/mol. The molecule has 1 aliphatic rings. The molecule has 0 aliphatic carbocycles. The van der Waals surface area contributed by atoms with Crippen LogP contribution in [0.3, 0.4) is 0 Å². The Morgan fingerprint density at radius 3 is 2.62 bits per heavy atom. The molecule has 0 bridgehead atoms. The van der Waals surface area contributed by atoms with E-state index in [1.807, 2.05) is 36.2 Å². The highest BCUT2D eigenvalue weighted by molar-refractivity contribution is 5.74. The predicted octanol–water partition coefficient (Wildman–Crippen LogP) is 0.881. The first-order chi connectivity index (χ1) is 10.2. The fourth-order valence-electron chi connectivity index (χ4n) is 2.18. The number of morpholine rings is 1. The van der Waals surface area contributed by atoms with Gasteiger partial charge in [0.15, 0.2) is 0 Å². The Balaban J connectivity index is 1.92. The van der Waals surface area contributed by atoms with Gasteiger partial charge in [0.1, 0.15) is 0 Å². The van der Waals surface area contributed by atoms with Crippen LogP contribution in [0.15, 0.2) is 24.3 Å². The molecule has 5 nitrogen and oxygen atoms in total. The van der Waals surface area contributed by atoms with E-state index in [0.717, 1.165) is 11.1 Å². The molecule has 0 aromatic heterocycles. The van der Waals surface area contributed by atoms with E-state index in [9.17, 15) is 4.79 Å². The van der Waals surface area contributed by atoms with Crippen LogP contribution < -0.4 is 5.73 Å². The molecule has 1 heterocycles. The number of ether oxygens (including phenoxy) is 1. The van der Waals surface area contributed by atoms with Crippen molar-refractivity contribution in [3.05, 3.63) is 35.4 Å². The van der Waals surface area contributed by atoms with E-state index in [-0.39, 0.29) is 6.03 Å². The third-order valence-corrected chi connectivity index (χ3v) is 3.32. The summed E-state index contributed by atoms with van der Waals surface area (Å²) in [5.74, 6) is 5.80. The molecule has 2 N–H and O–H groups in total. The number of hydrogen-bond acceptors (Lipinski definition) is 3. The maximum Gasteiger partial charge on any atom is 0.320 e. The van der Waals surface area contributed by atoms with E-state index in [2.05, 4.69) is 11.8 Å². The lowest BCUT2D eigenvalue weighted by Crippen LogP contribution is -2.46. The van der Waals surface area contributed by atoms with Gasteiger partial charge in [-0.3, -0.25) is 0 Å². The van der Waals surface area contributed by atoms with Crippen molar-refractivity contribution in [2.45, 2.75) is 6.54 Å². The predicted molar refractivity (Wildman–Crippen MR) is 81.6 cm³/mol. The summed E-state index contributed by atoms with van der Waals surface area (Å²) in [4.78, 5) is 15.8. The second-order valence-electron chi connectivity index (χ2n) is 4.94. The molecule has 1 fully saturated rings. The van der Waals surface area contributed by atoms with Crippen molar-refractivity contribution in [1.82, 2.24) is 9.80 Å². The Hall–Kier alpha value is -2.03. The minimum Gasteiger partial charge on any atom is -0.378 e. The third kappa shape index (κ3) is 4.48. The van der Waals surface area contributed by atoms with Gasteiger partial charge in [-0.05, 0) is 17.7 Å². The molecule has 2 amide bonds. The second-order valence-corrected chi connectivity index (χ2v) is 4.94. The number of carbonyl (C=O) groups excluding carboxylic acids is 1. The van der Waals surface area contributed by atoms with E-state index >= 15 is 0 Å². The number of nitrogens with zero attached hydrogens (tertiary/aromatic N) is 2. The molecule has 21 heavy (non-hydrogen) atoms. The van der Waals surface area contributed by atoms with Gasteiger partial charge in [-0.25, -0.2) is 4.79 Å². The van der Waals surface area contributed by atoms with Crippen molar-refractivity contribution in [3.8, 4) is 11.8 Å². The van der Waals surface area contributed by atoms with Crippen LogP contribution in [-0.4, -0.2) is 55.7 Å². The van der Waals surface area contributed by atoms with Gasteiger partial charge >= 0.3 is 6.03 Å². The van der Waals surface area contributed by atoms with Gasteiger partial charge in [0.05, 0.1) is 19.8 Å². The number of benzene rings is 1. The van der Waals surface area contributed by atoms with E-state index in [0.29, 0.717) is 39.4 Å². The first-order valence-corrected chi connectivity index (χ1v) is 7.06. The largest absolute Gasteiger partial charge is 0.378 e. The Morgan fingerprint density at radius 2 is 2.00 bits per heavy atom. The molecule has 0 radical (unpaired) electrons. The van der Waals surface area contributed by atoms with Crippen LogP contribution >= 0.6 is 0 Å². The van der Waals surface area contributed by atoms with Crippen LogP contribution in [0, 0.1) is 11.8 Å². The van der Waals surface area contributed by atoms with Crippen molar-refractivity contribution < 1.29 is 9.53 Å². The average Bonchev–Trinajstić information content (AvgIpc) is 2.54. The van der Waals surface area contributed by atoms with Crippen LogP contribution in [0.2, 0.25) is 0 Å². The third-order valence-electron chi connectivity index (χ3n) is 3.32. The molecule has 0 spiro atoms. The molecule has 1 aliphatic heterocycles. The number of hydrogen-bond donors (Lipinski definition) is 1. The molecule has 2 rings (SSSR count). The Labute approximate surface area is 125 Å². The number of rotatable bonds is 2. The molecule has 112 valence electrons. The number of amides is 2. The molecule has 1 aromatic rings. The highest BCUT2D eigenvalue weighted by atomic mass is 16.5. The average molecular weight is 287 g/mol. The lowest BCUT2D eigenvalue weighted by molar-refractivity contribution is 0.0448. The lowest BCUT2D eigenvalue weighted by Gasteiger charge is -2.31. The first-order valence-electron chi connectivity index (χ1n) is 7.06. The monoisotopic (exact) mass is 287 g/mol. The maximum atomic E-state index is 12.3. The Bertz CT molecular complexity index is 525. The molecule has 1 saturated heterocycles. The van der Waals surface area contributed by atoms with Gasteiger partial charge in [0.2, 0.25) is 0 Å². The van der Waals surface area contributed by atoms with E-state index in [4.69, 9.17) is 10.5 Å². The summed E-state index contributed by atoms with van der Waals surface area (Å²) in [6.45, 7) is 3.51. The summed E-state index contributed by atoms with van der Waals surface area (Å²) in [7, 11) is 1.82. The van der Waals surface area contributed by atoms with Crippen molar-refractivity contribution in [3.63, 3.8) is 0 Å². The smallest absolute Gasteiger partial charge is 0.320 e. The van der Waals surface area contributed by atoms with Gasteiger partial charge in [-0.2, -0.15) is 0 Å². The molecule has 0 unspecified atom stereocenters. The Morgan fingerprint density at radius 1 is 1.33 bits per heavy atom. The molecular formula is C16H21N3O2. The highest BCUT2D eigenvalue weighted by Crippen LogP contribution is 2.09. The summed E-state index contributed by atoms with van der Waals surface area (Å²) in [5, 5.41) is 0. The van der Waals surface area contributed by atoms with Gasteiger partial charge in [0.25, 0.3) is 0 Å². The van der Waals surface area contributed by atoms with Crippen molar-refractivity contribution in [1.29, 1.82) is 0 Å². The van der Waals surface area contributed by atoms with Gasteiger partial charge in [-0.15, -0.1) is 0 Å². The van der Waals surface area contributed by atoms with Gasteiger partial charge in [0, 0.05) is 32.2 Å².